The Labute approximate surface area is 154 Å². The van der Waals surface area contributed by atoms with E-state index in [2.05, 4.69) is 28.5 Å². The van der Waals surface area contributed by atoms with Gasteiger partial charge in [0.2, 0.25) is 5.91 Å². The van der Waals surface area contributed by atoms with Crippen molar-refractivity contribution in [3.8, 4) is 0 Å². The van der Waals surface area contributed by atoms with Crippen molar-refractivity contribution in [1.82, 2.24) is 10.2 Å². The molecular weight excluding hydrogens is 329 g/mol. The van der Waals surface area contributed by atoms with Crippen LogP contribution < -0.4 is 10.6 Å². The average Bonchev–Trinajstić information content (AvgIpc) is 3.10. The number of halogens is 1. The molecular formula is C21H26FN3O. The van der Waals surface area contributed by atoms with Gasteiger partial charge in [0.1, 0.15) is 5.82 Å². The van der Waals surface area contributed by atoms with E-state index in [1.807, 2.05) is 18.2 Å². The third kappa shape index (κ3) is 4.90. The summed E-state index contributed by atoms with van der Waals surface area (Å²) < 4.78 is 13.1. The molecule has 4 nitrogen and oxygen atoms in total. The SMILES string of the molecule is CCNCc1cccc(NC(=O)C2CCCN2Cc2ccc(F)cc2)c1. The second-order valence-electron chi connectivity index (χ2n) is 6.72. The molecule has 26 heavy (non-hydrogen) atoms. The largest absolute Gasteiger partial charge is 0.325 e. The monoisotopic (exact) mass is 355 g/mol. The minimum Gasteiger partial charge on any atom is -0.325 e. The Morgan fingerprint density at radius 3 is 2.77 bits per heavy atom. The van der Waals surface area contributed by atoms with Crippen LogP contribution in [-0.4, -0.2) is 29.9 Å². The zero-order chi connectivity index (χ0) is 18.4. The average molecular weight is 355 g/mol. The topological polar surface area (TPSA) is 44.4 Å². The lowest BCUT2D eigenvalue weighted by molar-refractivity contribution is -0.120. The lowest BCUT2D eigenvalue weighted by atomic mass is 10.1. The molecule has 0 spiro atoms. The molecule has 1 heterocycles. The molecule has 0 radical (unpaired) electrons. The maximum Gasteiger partial charge on any atom is 0.241 e. The molecule has 0 aliphatic carbocycles. The minimum atomic E-state index is -0.234. The number of hydrogen-bond acceptors (Lipinski definition) is 3. The fourth-order valence-electron chi connectivity index (χ4n) is 3.39. The number of likely N-dealkylation sites (tertiary alicyclic amines) is 1. The molecule has 138 valence electrons. The fraction of sp³-hybridized carbons (Fsp3) is 0.381. The summed E-state index contributed by atoms with van der Waals surface area (Å²) in [6.45, 7) is 5.33. The van der Waals surface area contributed by atoms with Crippen LogP contribution in [0.15, 0.2) is 48.5 Å². The van der Waals surface area contributed by atoms with Crippen LogP contribution in [0, 0.1) is 5.82 Å². The van der Waals surface area contributed by atoms with Gasteiger partial charge in [-0.1, -0.05) is 31.2 Å². The van der Waals surface area contributed by atoms with Crippen molar-refractivity contribution < 1.29 is 9.18 Å². The Kier molecular flexibility index (Phi) is 6.36. The second kappa shape index (κ2) is 8.92. The maximum absolute atomic E-state index is 13.1. The summed E-state index contributed by atoms with van der Waals surface area (Å²) in [6.07, 6.45) is 1.85. The zero-order valence-corrected chi connectivity index (χ0v) is 15.2. The third-order valence-electron chi connectivity index (χ3n) is 4.74. The van der Waals surface area contributed by atoms with E-state index in [-0.39, 0.29) is 17.8 Å². The van der Waals surface area contributed by atoms with Gasteiger partial charge in [0.15, 0.2) is 0 Å². The van der Waals surface area contributed by atoms with Gasteiger partial charge in [0, 0.05) is 18.8 Å². The molecule has 1 atom stereocenters. The van der Waals surface area contributed by atoms with Crippen LogP contribution >= 0.6 is 0 Å². The Balaban J connectivity index is 1.62. The number of benzene rings is 2. The third-order valence-corrected chi connectivity index (χ3v) is 4.74. The standard InChI is InChI=1S/C21H26FN3O/c1-2-23-14-17-5-3-6-19(13-17)24-21(26)20-7-4-12-25(20)15-16-8-10-18(22)11-9-16/h3,5-6,8-11,13,20,23H,2,4,7,12,14-15H2,1H3,(H,24,26). The van der Waals surface area contributed by atoms with Crippen LogP contribution in [0.4, 0.5) is 10.1 Å². The predicted octanol–water partition coefficient (Wildman–Crippen LogP) is 3.54. The fourth-order valence-corrected chi connectivity index (χ4v) is 3.39. The van der Waals surface area contributed by atoms with Crippen molar-refractivity contribution in [2.75, 3.05) is 18.4 Å². The molecule has 0 saturated carbocycles. The lowest BCUT2D eigenvalue weighted by Crippen LogP contribution is -2.39. The molecule has 0 bridgehead atoms. The summed E-state index contributed by atoms with van der Waals surface area (Å²) in [5.41, 5.74) is 3.01. The van der Waals surface area contributed by atoms with Crippen molar-refractivity contribution in [2.24, 2.45) is 0 Å². The minimum absolute atomic E-state index is 0.0326. The first kappa shape index (κ1) is 18.5. The van der Waals surface area contributed by atoms with Crippen molar-refractivity contribution in [2.45, 2.75) is 38.9 Å². The Hall–Kier alpha value is -2.24. The molecule has 0 aromatic heterocycles. The van der Waals surface area contributed by atoms with E-state index in [1.54, 1.807) is 12.1 Å². The van der Waals surface area contributed by atoms with Crippen LogP contribution in [0.25, 0.3) is 0 Å². The van der Waals surface area contributed by atoms with Gasteiger partial charge in [0.25, 0.3) is 0 Å². The van der Waals surface area contributed by atoms with E-state index in [4.69, 9.17) is 0 Å². The summed E-state index contributed by atoms with van der Waals surface area (Å²) in [4.78, 5) is 14.9. The molecule has 2 aromatic rings. The number of hydrogen-bond donors (Lipinski definition) is 2. The van der Waals surface area contributed by atoms with Gasteiger partial charge in [-0.15, -0.1) is 0 Å². The first-order valence-electron chi connectivity index (χ1n) is 9.24. The Morgan fingerprint density at radius 1 is 1.19 bits per heavy atom. The number of amides is 1. The van der Waals surface area contributed by atoms with Gasteiger partial charge in [-0.05, 0) is 61.3 Å². The number of anilines is 1. The molecule has 1 saturated heterocycles. The molecule has 2 aromatic carbocycles. The van der Waals surface area contributed by atoms with Crippen molar-refractivity contribution in [1.29, 1.82) is 0 Å². The van der Waals surface area contributed by atoms with Gasteiger partial charge in [-0.25, -0.2) is 4.39 Å². The number of nitrogens with zero attached hydrogens (tertiary/aromatic N) is 1. The van der Waals surface area contributed by atoms with Crippen LogP contribution in [0.1, 0.15) is 30.9 Å². The second-order valence-corrected chi connectivity index (χ2v) is 6.72. The van der Waals surface area contributed by atoms with E-state index >= 15 is 0 Å². The Morgan fingerprint density at radius 2 is 2.00 bits per heavy atom. The molecule has 1 fully saturated rings. The van der Waals surface area contributed by atoms with Gasteiger partial charge >= 0.3 is 0 Å². The smallest absolute Gasteiger partial charge is 0.241 e. The van der Waals surface area contributed by atoms with Gasteiger partial charge < -0.3 is 10.6 Å². The summed E-state index contributed by atoms with van der Waals surface area (Å²) in [7, 11) is 0. The van der Waals surface area contributed by atoms with Crippen LogP contribution in [-0.2, 0) is 17.9 Å². The molecule has 1 unspecified atom stereocenters. The summed E-state index contributed by atoms with van der Waals surface area (Å²) >= 11 is 0. The van der Waals surface area contributed by atoms with Crippen LogP contribution in [0.2, 0.25) is 0 Å². The van der Waals surface area contributed by atoms with Crippen LogP contribution in [0.5, 0.6) is 0 Å². The first-order chi connectivity index (χ1) is 12.7. The van der Waals surface area contributed by atoms with Gasteiger partial charge in [-0.3, -0.25) is 9.69 Å². The quantitative estimate of drug-likeness (QED) is 0.798. The molecule has 1 aliphatic rings. The number of carbonyl (C=O) groups excluding carboxylic acids is 1. The molecule has 3 rings (SSSR count). The lowest BCUT2D eigenvalue weighted by Gasteiger charge is -2.24. The Bertz CT molecular complexity index is 732. The molecule has 2 N–H and O–H groups in total. The van der Waals surface area contributed by atoms with Crippen molar-refractivity contribution >= 4 is 11.6 Å². The maximum atomic E-state index is 13.1. The number of rotatable bonds is 7. The summed E-state index contributed by atoms with van der Waals surface area (Å²) in [5, 5.41) is 6.35. The van der Waals surface area contributed by atoms with Gasteiger partial charge in [-0.2, -0.15) is 0 Å². The normalized spacial score (nSPS) is 17.4. The number of carbonyl (C=O) groups is 1. The van der Waals surface area contributed by atoms with E-state index in [0.29, 0.717) is 6.54 Å². The predicted molar refractivity (Wildman–Crippen MR) is 102 cm³/mol. The highest BCUT2D eigenvalue weighted by molar-refractivity contribution is 5.95. The van der Waals surface area contributed by atoms with Crippen LogP contribution in [0.3, 0.4) is 0 Å². The first-order valence-corrected chi connectivity index (χ1v) is 9.24. The van der Waals surface area contributed by atoms with Crippen molar-refractivity contribution in [3.05, 3.63) is 65.5 Å². The molecule has 1 amide bonds. The van der Waals surface area contributed by atoms with E-state index in [0.717, 1.165) is 49.3 Å². The van der Waals surface area contributed by atoms with E-state index in [1.165, 1.54) is 12.1 Å². The highest BCUT2D eigenvalue weighted by Gasteiger charge is 2.30. The van der Waals surface area contributed by atoms with E-state index in [9.17, 15) is 9.18 Å². The van der Waals surface area contributed by atoms with E-state index < -0.39 is 0 Å². The number of nitrogens with one attached hydrogen (secondary N) is 2. The highest BCUT2D eigenvalue weighted by atomic mass is 19.1. The molecule has 1 aliphatic heterocycles. The molecule has 5 heteroatoms. The van der Waals surface area contributed by atoms with Gasteiger partial charge in [0.05, 0.1) is 6.04 Å². The highest BCUT2D eigenvalue weighted by Crippen LogP contribution is 2.22. The zero-order valence-electron chi connectivity index (χ0n) is 15.2. The summed E-state index contributed by atoms with van der Waals surface area (Å²) in [5.74, 6) is -0.202. The van der Waals surface area contributed by atoms with Crippen molar-refractivity contribution in [3.63, 3.8) is 0 Å². The summed E-state index contributed by atoms with van der Waals surface area (Å²) in [6, 6.07) is 14.3.